The number of aryl methyl sites for hydroxylation is 2. The van der Waals surface area contributed by atoms with Crippen molar-refractivity contribution >= 4 is 39.8 Å². The fourth-order valence-corrected chi connectivity index (χ4v) is 5.48. The van der Waals surface area contributed by atoms with Crippen molar-refractivity contribution in [2.45, 2.75) is 51.6 Å². The molecule has 0 aliphatic heterocycles. The van der Waals surface area contributed by atoms with Gasteiger partial charge in [-0.2, -0.15) is 0 Å². The zero-order chi connectivity index (χ0) is 23.4. The van der Waals surface area contributed by atoms with Gasteiger partial charge in [-0.05, 0) is 44.0 Å². The van der Waals surface area contributed by atoms with Crippen LogP contribution < -0.4 is 4.90 Å². The van der Waals surface area contributed by atoms with E-state index in [1.54, 1.807) is 23.6 Å². The maximum Gasteiger partial charge on any atom is 0.230 e. The van der Waals surface area contributed by atoms with Crippen LogP contribution in [-0.2, 0) is 23.5 Å². The Bertz CT molecular complexity index is 1250. The molecule has 0 unspecified atom stereocenters. The highest BCUT2D eigenvalue weighted by Gasteiger charge is 2.19. The highest BCUT2D eigenvalue weighted by Crippen LogP contribution is 2.32. The molecular formula is C25H27N5OS2. The lowest BCUT2D eigenvalue weighted by Crippen LogP contribution is -2.22. The normalized spacial score (nSPS) is 11.0. The number of nitrogens with zero attached hydrogens (tertiary/aromatic N) is 5. The number of carbonyl (C=O) groups is 1. The van der Waals surface area contributed by atoms with Gasteiger partial charge in [-0.15, -0.1) is 21.5 Å². The molecule has 170 valence electrons. The minimum absolute atomic E-state index is 0.0543. The number of thioether (sulfide) groups is 1. The molecule has 33 heavy (non-hydrogen) atoms. The van der Waals surface area contributed by atoms with Gasteiger partial charge in [-0.25, -0.2) is 4.98 Å². The molecule has 4 rings (SSSR count). The number of anilines is 2. The van der Waals surface area contributed by atoms with E-state index in [2.05, 4.69) is 65.9 Å². The lowest BCUT2D eigenvalue weighted by molar-refractivity contribution is -0.115. The predicted molar refractivity (Wildman–Crippen MR) is 136 cm³/mol. The summed E-state index contributed by atoms with van der Waals surface area (Å²) in [4.78, 5) is 18.8. The number of thiazole rings is 1. The number of rotatable bonds is 8. The minimum Gasteiger partial charge on any atom is -0.302 e. The summed E-state index contributed by atoms with van der Waals surface area (Å²) < 4.78 is 2.13. The molecule has 0 aliphatic carbocycles. The Balaban J connectivity index is 1.51. The van der Waals surface area contributed by atoms with Crippen molar-refractivity contribution in [1.29, 1.82) is 0 Å². The number of hydrogen-bond donors (Lipinski definition) is 0. The molecule has 0 atom stereocenters. The molecule has 0 fully saturated rings. The lowest BCUT2D eigenvalue weighted by Gasteiger charge is -2.18. The average molecular weight is 478 g/mol. The van der Waals surface area contributed by atoms with E-state index in [4.69, 9.17) is 4.98 Å². The first-order valence-corrected chi connectivity index (χ1v) is 12.8. The summed E-state index contributed by atoms with van der Waals surface area (Å²) in [5.74, 6) is 1.48. The van der Waals surface area contributed by atoms with E-state index in [1.807, 2.05) is 23.6 Å². The molecule has 0 radical (unpaired) electrons. The first-order valence-electron chi connectivity index (χ1n) is 11.0. The van der Waals surface area contributed by atoms with E-state index >= 15 is 0 Å². The van der Waals surface area contributed by atoms with Crippen molar-refractivity contribution < 1.29 is 4.79 Å². The zero-order valence-electron chi connectivity index (χ0n) is 19.3. The van der Waals surface area contributed by atoms with Gasteiger partial charge in [0.15, 0.2) is 16.1 Å². The summed E-state index contributed by atoms with van der Waals surface area (Å²) in [7, 11) is 0. The third kappa shape index (κ3) is 5.17. The molecule has 2 aromatic carbocycles. The first kappa shape index (κ1) is 23.2. The third-order valence-corrected chi connectivity index (χ3v) is 7.18. The fourth-order valence-electron chi connectivity index (χ4n) is 3.59. The Hall–Kier alpha value is -2.97. The summed E-state index contributed by atoms with van der Waals surface area (Å²) in [6.45, 7) is 8.65. The van der Waals surface area contributed by atoms with Gasteiger partial charge in [0, 0.05) is 30.2 Å². The van der Waals surface area contributed by atoms with Gasteiger partial charge < -0.3 is 4.57 Å². The summed E-state index contributed by atoms with van der Waals surface area (Å²) in [5, 5.41) is 12.4. The van der Waals surface area contributed by atoms with E-state index in [9.17, 15) is 4.79 Å². The van der Waals surface area contributed by atoms with Crippen LogP contribution in [0.4, 0.5) is 10.8 Å². The Morgan fingerprint density at radius 2 is 1.91 bits per heavy atom. The highest BCUT2D eigenvalue weighted by atomic mass is 32.2. The van der Waals surface area contributed by atoms with E-state index in [0.717, 1.165) is 40.9 Å². The molecule has 1 amide bonds. The van der Waals surface area contributed by atoms with Crippen LogP contribution in [0.5, 0.6) is 0 Å². The molecule has 8 heteroatoms. The summed E-state index contributed by atoms with van der Waals surface area (Å²) in [6.07, 6.45) is 0.965. The van der Waals surface area contributed by atoms with Crippen LogP contribution in [0.2, 0.25) is 0 Å². The summed E-state index contributed by atoms with van der Waals surface area (Å²) in [6, 6.07) is 16.4. The first-order chi connectivity index (χ1) is 16.0. The van der Waals surface area contributed by atoms with E-state index in [1.165, 1.54) is 22.5 Å². The van der Waals surface area contributed by atoms with Crippen molar-refractivity contribution in [3.63, 3.8) is 0 Å². The molecule has 0 saturated carbocycles. The topological polar surface area (TPSA) is 63.9 Å². The van der Waals surface area contributed by atoms with Gasteiger partial charge >= 0.3 is 0 Å². The number of hydrogen-bond acceptors (Lipinski definition) is 6. The molecule has 0 saturated heterocycles. The second-order valence-electron chi connectivity index (χ2n) is 7.70. The molecule has 0 spiro atoms. The summed E-state index contributed by atoms with van der Waals surface area (Å²) in [5.41, 5.74) is 5.25. The van der Waals surface area contributed by atoms with Gasteiger partial charge in [0.1, 0.15) is 0 Å². The lowest BCUT2D eigenvalue weighted by atomic mass is 10.1. The molecule has 0 N–H and O–H groups in total. The average Bonchev–Trinajstić information content (AvgIpc) is 3.44. The van der Waals surface area contributed by atoms with Crippen LogP contribution in [0.1, 0.15) is 37.6 Å². The van der Waals surface area contributed by atoms with Gasteiger partial charge in [0.2, 0.25) is 5.91 Å². The number of benzene rings is 2. The van der Waals surface area contributed by atoms with Crippen molar-refractivity contribution in [2.75, 3.05) is 4.90 Å². The quantitative estimate of drug-likeness (QED) is 0.280. The second kappa shape index (κ2) is 10.3. The molecule has 2 aromatic heterocycles. The van der Waals surface area contributed by atoms with Crippen molar-refractivity contribution in [3.8, 4) is 11.4 Å². The number of carbonyl (C=O) groups excluding carboxylic acids is 1. The Kier molecular flexibility index (Phi) is 7.25. The standard InChI is InChI=1S/C25H27N5OS2/c1-5-19-10-12-22(13-11-19)30(18(4)31)24-26-21(15-32-24)16-33-25-28-27-23(29(25)6-2)20-9-7-8-17(3)14-20/h7-15H,5-6,16H2,1-4H3. The predicted octanol–water partition coefficient (Wildman–Crippen LogP) is 6.27. The van der Waals surface area contributed by atoms with Crippen LogP contribution in [-0.4, -0.2) is 25.7 Å². The molecule has 6 nitrogen and oxygen atoms in total. The fraction of sp³-hybridized carbons (Fsp3) is 0.280. The largest absolute Gasteiger partial charge is 0.302 e. The third-order valence-electron chi connectivity index (χ3n) is 5.31. The van der Waals surface area contributed by atoms with E-state index in [-0.39, 0.29) is 5.91 Å². The van der Waals surface area contributed by atoms with Gasteiger partial charge in [0.05, 0.1) is 11.4 Å². The SMILES string of the molecule is CCc1ccc(N(C(C)=O)c2nc(CSc3nnc(-c4cccc(C)c4)n3CC)cs2)cc1. The van der Waals surface area contributed by atoms with E-state index < -0.39 is 0 Å². The molecule has 0 aliphatic rings. The molecule has 4 aromatic rings. The molecular weight excluding hydrogens is 450 g/mol. The van der Waals surface area contributed by atoms with Gasteiger partial charge in [0.25, 0.3) is 0 Å². The van der Waals surface area contributed by atoms with Crippen LogP contribution >= 0.6 is 23.1 Å². The zero-order valence-corrected chi connectivity index (χ0v) is 20.9. The maximum absolute atomic E-state index is 12.4. The number of amides is 1. The van der Waals surface area contributed by atoms with Gasteiger partial charge in [-0.1, -0.05) is 54.6 Å². The van der Waals surface area contributed by atoms with Crippen LogP contribution in [0, 0.1) is 6.92 Å². The summed E-state index contributed by atoms with van der Waals surface area (Å²) >= 11 is 3.09. The van der Waals surface area contributed by atoms with Gasteiger partial charge in [-0.3, -0.25) is 9.69 Å². The Labute approximate surface area is 202 Å². The highest BCUT2D eigenvalue weighted by molar-refractivity contribution is 7.98. The monoisotopic (exact) mass is 477 g/mol. The van der Waals surface area contributed by atoms with Crippen molar-refractivity contribution in [2.24, 2.45) is 0 Å². The smallest absolute Gasteiger partial charge is 0.230 e. The Morgan fingerprint density at radius 3 is 2.58 bits per heavy atom. The molecule has 2 heterocycles. The van der Waals surface area contributed by atoms with Crippen LogP contribution in [0.25, 0.3) is 11.4 Å². The van der Waals surface area contributed by atoms with Crippen LogP contribution in [0.15, 0.2) is 59.1 Å². The number of aromatic nitrogens is 4. The Morgan fingerprint density at radius 1 is 1.12 bits per heavy atom. The minimum atomic E-state index is -0.0543. The van der Waals surface area contributed by atoms with Crippen LogP contribution in [0.3, 0.4) is 0 Å². The maximum atomic E-state index is 12.4. The molecule has 0 bridgehead atoms. The van der Waals surface area contributed by atoms with Crippen molar-refractivity contribution in [1.82, 2.24) is 19.7 Å². The van der Waals surface area contributed by atoms with Crippen molar-refractivity contribution in [3.05, 3.63) is 70.7 Å². The second-order valence-corrected chi connectivity index (χ2v) is 9.48. The van der Waals surface area contributed by atoms with E-state index in [0.29, 0.717) is 10.9 Å².